The van der Waals surface area contributed by atoms with Crippen molar-refractivity contribution in [2.24, 2.45) is 5.73 Å². The fraction of sp³-hybridized carbons (Fsp3) is 0.533. The molecule has 1 aromatic rings. The number of rotatable bonds is 10. The topological polar surface area (TPSA) is 89.3 Å². The van der Waals surface area contributed by atoms with Crippen LogP contribution in [-0.2, 0) is 20.4 Å². The molecule has 8 heteroatoms. The van der Waals surface area contributed by atoms with Crippen molar-refractivity contribution in [3.63, 3.8) is 0 Å². The van der Waals surface area contributed by atoms with Gasteiger partial charge in [-0.1, -0.05) is 30.3 Å². The first-order valence-electron chi connectivity index (χ1n) is 7.21. The zero-order valence-corrected chi connectivity index (χ0v) is 15.7. The van der Waals surface area contributed by atoms with E-state index in [2.05, 4.69) is 5.32 Å². The van der Waals surface area contributed by atoms with Gasteiger partial charge in [0.2, 0.25) is 5.91 Å². The van der Waals surface area contributed by atoms with Crippen LogP contribution in [0.25, 0.3) is 0 Å². The highest BCUT2D eigenvalue weighted by molar-refractivity contribution is 7.98. The SMILES string of the molecule is CSCCC(N)C(=O)NCCCS(=O)(=O)Cc1ccccc1.Cl. The smallest absolute Gasteiger partial charge is 0.236 e. The van der Waals surface area contributed by atoms with Crippen molar-refractivity contribution in [3.05, 3.63) is 35.9 Å². The molecule has 1 aromatic carbocycles. The van der Waals surface area contributed by atoms with E-state index >= 15 is 0 Å². The molecule has 5 nitrogen and oxygen atoms in total. The molecule has 0 aromatic heterocycles. The van der Waals surface area contributed by atoms with E-state index in [9.17, 15) is 13.2 Å². The molecule has 0 aliphatic rings. The summed E-state index contributed by atoms with van der Waals surface area (Å²) in [6.45, 7) is 0.333. The lowest BCUT2D eigenvalue weighted by molar-refractivity contribution is -0.122. The van der Waals surface area contributed by atoms with Crippen molar-refractivity contribution in [2.45, 2.75) is 24.6 Å². The number of thioether (sulfide) groups is 1. The van der Waals surface area contributed by atoms with Crippen molar-refractivity contribution in [1.82, 2.24) is 5.32 Å². The van der Waals surface area contributed by atoms with Gasteiger partial charge >= 0.3 is 0 Å². The van der Waals surface area contributed by atoms with Gasteiger partial charge in [-0.2, -0.15) is 11.8 Å². The average Bonchev–Trinajstić information content (AvgIpc) is 2.49. The molecule has 1 unspecified atom stereocenters. The maximum atomic E-state index is 12.0. The highest BCUT2D eigenvalue weighted by Gasteiger charge is 2.14. The van der Waals surface area contributed by atoms with Gasteiger partial charge in [-0.3, -0.25) is 4.79 Å². The van der Waals surface area contributed by atoms with Crippen LogP contribution in [0.5, 0.6) is 0 Å². The van der Waals surface area contributed by atoms with Crippen LogP contribution < -0.4 is 11.1 Å². The number of hydrogen-bond donors (Lipinski definition) is 2. The second-order valence-electron chi connectivity index (χ2n) is 5.11. The number of carbonyl (C=O) groups is 1. The maximum absolute atomic E-state index is 12.0. The molecule has 0 fully saturated rings. The molecule has 1 atom stereocenters. The van der Waals surface area contributed by atoms with Crippen molar-refractivity contribution in [1.29, 1.82) is 0 Å². The first-order chi connectivity index (χ1) is 10.4. The number of amides is 1. The Kier molecular flexibility index (Phi) is 11.3. The van der Waals surface area contributed by atoms with E-state index in [0.29, 0.717) is 19.4 Å². The van der Waals surface area contributed by atoms with E-state index in [1.807, 2.05) is 24.5 Å². The van der Waals surface area contributed by atoms with Gasteiger partial charge in [-0.05, 0) is 30.4 Å². The Labute approximate surface area is 149 Å². The van der Waals surface area contributed by atoms with Crippen LogP contribution in [0.15, 0.2) is 30.3 Å². The van der Waals surface area contributed by atoms with Crippen LogP contribution in [0, 0.1) is 0 Å². The summed E-state index contributed by atoms with van der Waals surface area (Å²) in [6.07, 6.45) is 2.98. The summed E-state index contributed by atoms with van der Waals surface area (Å²) >= 11 is 1.64. The van der Waals surface area contributed by atoms with Gasteiger partial charge in [-0.25, -0.2) is 8.42 Å². The predicted molar refractivity (Wildman–Crippen MR) is 99.8 cm³/mol. The molecule has 0 spiro atoms. The molecular weight excluding hydrogens is 356 g/mol. The first-order valence-corrected chi connectivity index (χ1v) is 10.4. The van der Waals surface area contributed by atoms with Crippen LogP contribution in [0.4, 0.5) is 0 Å². The van der Waals surface area contributed by atoms with Crippen LogP contribution in [0.3, 0.4) is 0 Å². The van der Waals surface area contributed by atoms with E-state index in [4.69, 9.17) is 5.73 Å². The Morgan fingerprint density at radius 1 is 1.30 bits per heavy atom. The molecule has 0 bridgehead atoms. The fourth-order valence-corrected chi connectivity index (χ4v) is 3.83. The Morgan fingerprint density at radius 3 is 2.57 bits per heavy atom. The van der Waals surface area contributed by atoms with Crippen LogP contribution in [-0.4, -0.2) is 44.7 Å². The zero-order chi connectivity index (χ0) is 16.4. The fourth-order valence-electron chi connectivity index (χ4n) is 1.91. The highest BCUT2D eigenvalue weighted by Crippen LogP contribution is 2.07. The van der Waals surface area contributed by atoms with Crippen LogP contribution >= 0.6 is 24.2 Å². The molecule has 0 saturated heterocycles. The van der Waals surface area contributed by atoms with E-state index in [-0.39, 0.29) is 29.8 Å². The molecule has 0 aliphatic carbocycles. The largest absolute Gasteiger partial charge is 0.355 e. The summed E-state index contributed by atoms with van der Waals surface area (Å²) < 4.78 is 24.0. The molecule has 1 rings (SSSR count). The second kappa shape index (κ2) is 11.7. The Bertz CT molecular complexity index is 553. The monoisotopic (exact) mass is 380 g/mol. The minimum Gasteiger partial charge on any atom is -0.355 e. The summed E-state index contributed by atoms with van der Waals surface area (Å²) in [4.78, 5) is 11.7. The summed E-state index contributed by atoms with van der Waals surface area (Å²) in [5.41, 5.74) is 6.51. The summed E-state index contributed by atoms with van der Waals surface area (Å²) in [7, 11) is -3.15. The lowest BCUT2D eigenvalue weighted by Crippen LogP contribution is -2.41. The number of carbonyl (C=O) groups excluding carboxylic acids is 1. The molecule has 3 N–H and O–H groups in total. The highest BCUT2D eigenvalue weighted by atomic mass is 35.5. The van der Waals surface area contributed by atoms with E-state index in [0.717, 1.165) is 11.3 Å². The Hall–Kier alpha value is -0.760. The van der Waals surface area contributed by atoms with Crippen molar-refractivity contribution < 1.29 is 13.2 Å². The summed E-state index contributed by atoms with van der Waals surface area (Å²) in [5.74, 6) is 0.714. The molecule has 0 heterocycles. The van der Waals surface area contributed by atoms with Gasteiger partial charge in [0.15, 0.2) is 9.84 Å². The van der Waals surface area contributed by atoms with Crippen molar-refractivity contribution in [2.75, 3.05) is 24.3 Å². The first kappa shape index (κ1) is 22.2. The third kappa shape index (κ3) is 9.86. The van der Waals surface area contributed by atoms with E-state index < -0.39 is 15.9 Å². The minimum atomic E-state index is -3.15. The van der Waals surface area contributed by atoms with Gasteiger partial charge in [0.05, 0.1) is 17.5 Å². The van der Waals surface area contributed by atoms with Gasteiger partial charge < -0.3 is 11.1 Å². The quantitative estimate of drug-likeness (QED) is 0.602. The number of nitrogens with one attached hydrogen (secondary N) is 1. The van der Waals surface area contributed by atoms with Crippen molar-refractivity contribution in [3.8, 4) is 0 Å². The molecule has 1 amide bonds. The third-order valence-corrected chi connectivity index (χ3v) is 5.46. The summed E-state index contributed by atoms with van der Waals surface area (Å²) in [6, 6.07) is 8.57. The number of benzene rings is 1. The number of hydrogen-bond acceptors (Lipinski definition) is 5. The van der Waals surface area contributed by atoms with Gasteiger partial charge in [-0.15, -0.1) is 12.4 Å². The second-order valence-corrected chi connectivity index (χ2v) is 8.28. The molecular formula is C15H25ClN2O3S2. The molecule has 132 valence electrons. The Balaban J connectivity index is 0.00000484. The van der Waals surface area contributed by atoms with Gasteiger partial charge in [0.1, 0.15) is 0 Å². The summed E-state index contributed by atoms with van der Waals surface area (Å²) in [5, 5.41) is 2.69. The maximum Gasteiger partial charge on any atom is 0.236 e. The molecule has 23 heavy (non-hydrogen) atoms. The van der Waals surface area contributed by atoms with Crippen molar-refractivity contribution >= 4 is 39.9 Å². The van der Waals surface area contributed by atoms with E-state index in [1.165, 1.54) is 0 Å². The number of halogens is 1. The lowest BCUT2D eigenvalue weighted by Gasteiger charge is -2.11. The minimum absolute atomic E-state index is 0. The van der Waals surface area contributed by atoms with Gasteiger partial charge in [0.25, 0.3) is 0 Å². The number of nitrogens with two attached hydrogens (primary N) is 1. The third-order valence-electron chi connectivity index (χ3n) is 3.13. The standard InChI is InChI=1S/C15H24N2O3S2.ClH/c1-21-10-8-14(16)15(18)17-9-5-11-22(19,20)12-13-6-3-2-4-7-13;/h2-4,6-7,14H,5,8-12,16H2,1H3,(H,17,18);1H. The predicted octanol–water partition coefficient (Wildman–Crippen LogP) is 1.61. The number of sulfone groups is 1. The lowest BCUT2D eigenvalue weighted by atomic mass is 10.2. The Morgan fingerprint density at radius 2 is 1.96 bits per heavy atom. The molecule has 0 aliphatic heterocycles. The van der Waals surface area contributed by atoms with Crippen LogP contribution in [0.1, 0.15) is 18.4 Å². The van der Waals surface area contributed by atoms with Gasteiger partial charge in [0, 0.05) is 6.54 Å². The van der Waals surface area contributed by atoms with E-state index in [1.54, 1.807) is 23.9 Å². The molecule has 0 saturated carbocycles. The zero-order valence-electron chi connectivity index (χ0n) is 13.2. The average molecular weight is 381 g/mol. The van der Waals surface area contributed by atoms with Crippen LogP contribution in [0.2, 0.25) is 0 Å². The molecule has 0 radical (unpaired) electrons. The normalized spacial score (nSPS) is 12.3.